The first-order chi connectivity index (χ1) is 10.5. The fraction of sp³-hybridized carbons (Fsp3) is 0.500. The van der Waals surface area contributed by atoms with E-state index >= 15 is 0 Å². The molecule has 0 aliphatic carbocycles. The van der Waals surface area contributed by atoms with Crippen LogP contribution in [-0.4, -0.2) is 63.8 Å². The summed E-state index contributed by atoms with van der Waals surface area (Å²) < 4.78 is 10.1. The predicted molar refractivity (Wildman–Crippen MR) is 73.5 cm³/mol. The summed E-state index contributed by atoms with van der Waals surface area (Å²) in [6.07, 6.45) is -7.80. The van der Waals surface area contributed by atoms with Gasteiger partial charge in [-0.15, -0.1) is 0 Å². The molecular weight excluding hydrogens is 294 g/mol. The van der Waals surface area contributed by atoms with Gasteiger partial charge in [0, 0.05) is 0 Å². The van der Waals surface area contributed by atoms with Crippen LogP contribution in [0.1, 0.15) is 5.56 Å². The molecule has 5 N–H and O–H groups in total. The van der Waals surface area contributed by atoms with Crippen molar-refractivity contribution in [1.82, 2.24) is 5.32 Å². The first kappa shape index (κ1) is 16.7. The number of carbonyl (C=O) groups is 1. The molecule has 1 aromatic carbocycles. The van der Waals surface area contributed by atoms with Crippen molar-refractivity contribution in [2.45, 2.75) is 37.3 Å². The van der Waals surface area contributed by atoms with E-state index in [4.69, 9.17) is 14.6 Å². The first-order valence-electron chi connectivity index (χ1n) is 6.80. The number of aliphatic hydroxyl groups is 4. The van der Waals surface area contributed by atoms with Crippen LogP contribution >= 0.6 is 0 Å². The van der Waals surface area contributed by atoms with Crippen LogP contribution in [0.25, 0.3) is 0 Å². The van der Waals surface area contributed by atoms with Gasteiger partial charge in [0.15, 0.2) is 6.23 Å². The summed E-state index contributed by atoms with van der Waals surface area (Å²) in [5, 5.41) is 40.3. The third-order valence-electron chi connectivity index (χ3n) is 3.37. The summed E-state index contributed by atoms with van der Waals surface area (Å²) in [5.41, 5.74) is 0.784. The summed E-state index contributed by atoms with van der Waals surface area (Å²) in [6, 6.07) is 8.99. The number of alkyl carbamates (subject to hydrolysis) is 1. The van der Waals surface area contributed by atoms with E-state index in [1.54, 1.807) is 24.3 Å². The average Bonchev–Trinajstić information content (AvgIpc) is 2.54. The quantitative estimate of drug-likeness (QED) is 0.468. The largest absolute Gasteiger partial charge is 0.445 e. The Morgan fingerprint density at radius 3 is 2.45 bits per heavy atom. The number of hydrogen-bond donors (Lipinski definition) is 5. The highest BCUT2D eigenvalue weighted by Crippen LogP contribution is 2.19. The molecule has 1 saturated heterocycles. The number of ether oxygens (including phenoxy) is 2. The molecule has 2 rings (SSSR count). The zero-order valence-corrected chi connectivity index (χ0v) is 11.7. The standard InChI is InChI=1S/C14H19NO7/c16-6-9-10(17)11(18)12(19)13(22-9)15-14(20)21-7-8-4-2-1-3-5-8/h1-5,9-13,16-19H,6-7H2,(H,15,20)/t9-,10-,11+,12-,13-/m0/s1. The van der Waals surface area contributed by atoms with Crippen molar-refractivity contribution in [3.05, 3.63) is 35.9 Å². The fourth-order valence-electron chi connectivity index (χ4n) is 2.10. The minimum absolute atomic E-state index is 0.0318. The molecule has 0 radical (unpaired) electrons. The Morgan fingerprint density at radius 1 is 1.14 bits per heavy atom. The van der Waals surface area contributed by atoms with Crippen LogP contribution in [0, 0.1) is 0 Å². The predicted octanol–water partition coefficient (Wildman–Crippen LogP) is -1.29. The van der Waals surface area contributed by atoms with Crippen molar-refractivity contribution >= 4 is 6.09 Å². The van der Waals surface area contributed by atoms with Gasteiger partial charge in [0.1, 0.15) is 31.0 Å². The summed E-state index contributed by atoms with van der Waals surface area (Å²) >= 11 is 0. The zero-order chi connectivity index (χ0) is 16.1. The molecule has 1 amide bonds. The normalized spacial score (nSPS) is 31.5. The number of rotatable bonds is 4. The number of benzene rings is 1. The van der Waals surface area contributed by atoms with Crippen molar-refractivity contribution in [3.63, 3.8) is 0 Å². The summed E-state index contributed by atoms with van der Waals surface area (Å²) in [4.78, 5) is 11.7. The molecule has 22 heavy (non-hydrogen) atoms. The topological polar surface area (TPSA) is 128 Å². The average molecular weight is 313 g/mol. The van der Waals surface area contributed by atoms with Gasteiger partial charge >= 0.3 is 6.09 Å². The van der Waals surface area contributed by atoms with E-state index in [0.29, 0.717) is 0 Å². The van der Waals surface area contributed by atoms with E-state index < -0.39 is 43.3 Å². The molecule has 1 aliphatic heterocycles. The number of aliphatic hydroxyl groups excluding tert-OH is 4. The Balaban J connectivity index is 1.87. The number of amides is 1. The second-order valence-corrected chi connectivity index (χ2v) is 4.96. The Hall–Kier alpha value is -1.71. The van der Waals surface area contributed by atoms with Crippen molar-refractivity contribution in [2.24, 2.45) is 0 Å². The zero-order valence-electron chi connectivity index (χ0n) is 11.7. The molecule has 8 nitrogen and oxygen atoms in total. The van der Waals surface area contributed by atoms with Crippen LogP contribution in [0.4, 0.5) is 4.79 Å². The van der Waals surface area contributed by atoms with Gasteiger partial charge in [-0.1, -0.05) is 30.3 Å². The molecule has 0 bridgehead atoms. The van der Waals surface area contributed by atoms with E-state index in [1.165, 1.54) is 0 Å². The van der Waals surface area contributed by atoms with Crippen LogP contribution in [0.3, 0.4) is 0 Å². The Morgan fingerprint density at radius 2 is 1.82 bits per heavy atom. The summed E-state index contributed by atoms with van der Waals surface area (Å²) in [6.45, 7) is -0.535. The lowest BCUT2D eigenvalue weighted by molar-refractivity contribution is -0.234. The lowest BCUT2D eigenvalue weighted by atomic mass is 9.98. The highest BCUT2D eigenvalue weighted by atomic mass is 16.6. The van der Waals surface area contributed by atoms with Gasteiger partial charge in [0.05, 0.1) is 6.61 Å². The molecule has 1 heterocycles. The van der Waals surface area contributed by atoms with Crippen LogP contribution < -0.4 is 5.32 Å². The van der Waals surface area contributed by atoms with Crippen LogP contribution in [0.2, 0.25) is 0 Å². The van der Waals surface area contributed by atoms with Crippen molar-refractivity contribution in [2.75, 3.05) is 6.61 Å². The van der Waals surface area contributed by atoms with Gasteiger partial charge in [-0.05, 0) is 5.56 Å². The number of nitrogens with one attached hydrogen (secondary N) is 1. The Labute approximate surface area is 126 Å². The first-order valence-corrected chi connectivity index (χ1v) is 6.80. The second kappa shape index (κ2) is 7.52. The van der Waals surface area contributed by atoms with E-state index in [-0.39, 0.29) is 6.61 Å². The third-order valence-corrected chi connectivity index (χ3v) is 3.37. The molecule has 122 valence electrons. The molecule has 0 saturated carbocycles. The van der Waals surface area contributed by atoms with Gasteiger partial charge in [-0.3, -0.25) is 5.32 Å². The monoisotopic (exact) mass is 313 g/mol. The Kier molecular flexibility index (Phi) is 5.69. The lowest BCUT2D eigenvalue weighted by Crippen LogP contribution is -2.63. The maximum atomic E-state index is 11.7. The molecule has 8 heteroatoms. The minimum Gasteiger partial charge on any atom is -0.445 e. The smallest absolute Gasteiger partial charge is 0.409 e. The fourth-order valence-corrected chi connectivity index (χ4v) is 2.10. The molecule has 1 aliphatic rings. The molecule has 0 unspecified atom stereocenters. The molecule has 5 atom stereocenters. The maximum Gasteiger partial charge on any atom is 0.409 e. The molecule has 1 fully saturated rings. The third kappa shape index (κ3) is 3.93. The highest BCUT2D eigenvalue weighted by Gasteiger charge is 2.44. The summed E-state index contributed by atoms with van der Waals surface area (Å²) in [5.74, 6) is 0. The minimum atomic E-state index is -1.55. The lowest BCUT2D eigenvalue weighted by Gasteiger charge is -2.39. The van der Waals surface area contributed by atoms with E-state index in [0.717, 1.165) is 5.56 Å². The van der Waals surface area contributed by atoms with Crippen molar-refractivity contribution < 1.29 is 34.7 Å². The van der Waals surface area contributed by atoms with Crippen LogP contribution in [0.15, 0.2) is 30.3 Å². The second-order valence-electron chi connectivity index (χ2n) is 4.96. The number of carbonyl (C=O) groups excluding carboxylic acids is 1. The van der Waals surface area contributed by atoms with Crippen molar-refractivity contribution in [3.8, 4) is 0 Å². The molecule has 1 aromatic rings. The maximum absolute atomic E-state index is 11.7. The van der Waals surface area contributed by atoms with Crippen LogP contribution in [0.5, 0.6) is 0 Å². The van der Waals surface area contributed by atoms with Gasteiger partial charge in [0.2, 0.25) is 0 Å². The molecule has 0 spiro atoms. The molecular formula is C14H19NO7. The van der Waals surface area contributed by atoms with Gasteiger partial charge < -0.3 is 29.9 Å². The van der Waals surface area contributed by atoms with E-state index in [1.807, 2.05) is 6.07 Å². The van der Waals surface area contributed by atoms with Gasteiger partial charge in [0.25, 0.3) is 0 Å². The van der Waals surface area contributed by atoms with E-state index in [2.05, 4.69) is 5.32 Å². The highest BCUT2D eigenvalue weighted by molar-refractivity contribution is 5.67. The van der Waals surface area contributed by atoms with E-state index in [9.17, 15) is 20.1 Å². The van der Waals surface area contributed by atoms with Crippen LogP contribution in [-0.2, 0) is 16.1 Å². The van der Waals surface area contributed by atoms with Gasteiger partial charge in [-0.25, -0.2) is 4.79 Å². The Bertz CT molecular complexity index is 481. The number of hydrogen-bond acceptors (Lipinski definition) is 7. The van der Waals surface area contributed by atoms with Gasteiger partial charge in [-0.2, -0.15) is 0 Å². The molecule has 0 aromatic heterocycles. The summed E-state index contributed by atoms with van der Waals surface area (Å²) in [7, 11) is 0. The van der Waals surface area contributed by atoms with Crippen molar-refractivity contribution in [1.29, 1.82) is 0 Å². The SMILES string of the molecule is O=C(N[C@H]1O[C@@H](CO)[C@H](O)[C@@H](O)[C@@H]1O)OCc1ccccc1.